The second-order valence-electron chi connectivity index (χ2n) is 2.07. The van der Waals surface area contributed by atoms with Gasteiger partial charge in [-0.3, -0.25) is 0 Å². The van der Waals surface area contributed by atoms with Crippen LogP contribution in [0.2, 0.25) is 0 Å². The molecule has 0 saturated heterocycles. The Hall–Kier alpha value is -0.314. The Labute approximate surface area is 91.7 Å². The van der Waals surface area contributed by atoms with Gasteiger partial charge in [0.15, 0.2) is 0 Å². The number of hydrogen-bond donors (Lipinski definition) is 0. The van der Waals surface area contributed by atoms with Gasteiger partial charge in [0.1, 0.15) is 0 Å². The summed E-state index contributed by atoms with van der Waals surface area (Å²) in [5, 5.41) is 0. The van der Waals surface area contributed by atoms with Crippen molar-refractivity contribution in [2.45, 2.75) is 0 Å². The molecule has 0 aliphatic rings. The van der Waals surface area contributed by atoms with E-state index in [0.29, 0.717) is 0 Å². The SMILES string of the molecule is Br[c-]1cccc1.[Co].[cH-]1[cH-][cH-][cH-][cH-]1. The average Bonchev–Trinajstić information content (AvgIpc) is 2.57. The first-order valence-corrected chi connectivity index (χ1v) is 4.23. The minimum Gasteiger partial charge on any atom is -0.748 e. The topological polar surface area (TPSA) is 0 Å². The van der Waals surface area contributed by atoms with Crippen LogP contribution < -0.4 is 0 Å². The van der Waals surface area contributed by atoms with Gasteiger partial charge in [0, 0.05) is 16.8 Å². The van der Waals surface area contributed by atoms with Crippen LogP contribution in [0.1, 0.15) is 0 Å². The third kappa shape index (κ3) is 5.35. The van der Waals surface area contributed by atoms with Gasteiger partial charge < -0.3 is 30.3 Å². The summed E-state index contributed by atoms with van der Waals surface area (Å²) in [7, 11) is 0. The van der Waals surface area contributed by atoms with Crippen LogP contribution >= 0.6 is 15.9 Å². The van der Waals surface area contributed by atoms with E-state index in [1.54, 1.807) is 0 Å². The second kappa shape index (κ2) is 7.34. The molecule has 0 spiro atoms. The van der Waals surface area contributed by atoms with Gasteiger partial charge in [-0.05, 0) is 0 Å². The van der Waals surface area contributed by atoms with Gasteiger partial charge in [0.05, 0.1) is 0 Å². The molecule has 0 bridgehead atoms. The van der Waals surface area contributed by atoms with E-state index in [1.165, 1.54) is 0 Å². The van der Waals surface area contributed by atoms with Crippen molar-refractivity contribution in [2.75, 3.05) is 0 Å². The maximum Gasteiger partial charge on any atom is 0 e. The predicted octanol–water partition coefficient (Wildman–Crippen LogP) is 3.57. The number of rotatable bonds is 0. The fourth-order valence-corrected chi connectivity index (χ4v) is 0.976. The third-order valence-corrected chi connectivity index (χ3v) is 1.71. The fraction of sp³-hybridized carbons (Fsp3) is 0. The summed E-state index contributed by atoms with van der Waals surface area (Å²) in [6.07, 6.45) is 0. The Bertz CT molecular complexity index is 228. The van der Waals surface area contributed by atoms with E-state index in [0.717, 1.165) is 4.47 Å². The molecule has 1 radical (unpaired) electrons. The maximum absolute atomic E-state index is 3.28. The van der Waals surface area contributed by atoms with Crippen LogP contribution in [0.5, 0.6) is 0 Å². The van der Waals surface area contributed by atoms with Crippen LogP contribution in [0, 0.1) is 0 Å². The molecule has 12 heavy (non-hydrogen) atoms. The van der Waals surface area contributed by atoms with E-state index in [9.17, 15) is 0 Å². The van der Waals surface area contributed by atoms with Crippen molar-refractivity contribution in [3.63, 3.8) is 0 Å². The van der Waals surface area contributed by atoms with E-state index in [2.05, 4.69) is 15.9 Å². The summed E-state index contributed by atoms with van der Waals surface area (Å²) in [4.78, 5) is 0. The monoisotopic (exact) mass is 267 g/mol. The standard InChI is InChI=1S/C5H4Br.C5H5.Co/c6-5-3-1-2-4-5;1-2-4-5-3-1;/h1-4H;1-5H;/q-1;-5;. The largest absolute Gasteiger partial charge is 0.748 e. The molecule has 0 saturated carbocycles. The van der Waals surface area contributed by atoms with Gasteiger partial charge in [-0.15, -0.1) is 15.9 Å². The molecule has 2 aromatic carbocycles. The molecule has 0 fully saturated rings. The number of hydrogen-bond acceptors (Lipinski definition) is 0. The molecule has 0 heterocycles. The van der Waals surface area contributed by atoms with E-state index in [-0.39, 0.29) is 16.8 Å². The summed E-state index contributed by atoms with van der Waals surface area (Å²) in [6.45, 7) is 0. The molecule has 71 valence electrons. The van der Waals surface area contributed by atoms with Gasteiger partial charge in [0.2, 0.25) is 0 Å². The summed E-state index contributed by atoms with van der Waals surface area (Å²) >= 11 is 3.28. The zero-order valence-corrected chi connectivity index (χ0v) is 9.03. The Balaban J connectivity index is 0.000000189. The normalized spacial score (nSPS) is 7.75. The molecule has 2 aromatic rings. The fourth-order valence-electron chi connectivity index (χ4n) is 0.671. The van der Waals surface area contributed by atoms with Crippen LogP contribution in [0.25, 0.3) is 0 Å². The van der Waals surface area contributed by atoms with Crippen LogP contribution in [0.15, 0.2) is 59.1 Å². The zero-order chi connectivity index (χ0) is 7.94. The van der Waals surface area contributed by atoms with Crippen molar-refractivity contribution >= 4 is 15.9 Å². The van der Waals surface area contributed by atoms with Gasteiger partial charge in [-0.1, -0.05) is 4.47 Å². The molecule has 0 nitrogen and oxygen atoms in total. The summed E-state index contributed by atoms with van der Waals surface area (Å²) in [5.41, 5.74) is 0. The van der Waals surface area contributed by atoms with Crippen LogP contribution in [0.4, 0.5) is 0 Å². The van der Waals surface area contributed by atoms with E-state index in [1.807, 2.05) is 54.6 Å². The Morgan fingerprint density at radius 1 is 0.833 bits per heavy atom. The Morgan fingerprint density at radius 3 is 1.33 bits per heavy atom. The van der Waals surface area contributed by atoms with Crippen LogP contribution in [-0.2, 0) is 16.8 Å². The minimum atomic E-state index is 0. The first kappa shape index (κ1) is 11.7. The van der Waals surface area contributed by atoms with Crippen molar-refractivity contribution in [2.24, 2.45) is 0 Å². The summed E-state index contributed by atoms with van der Waals surface area (Å²) < 4.78 is 1.16. The number of halogens is 1. The first-order valence-electron chi connectivity index (χ1n) is 3.43. The van der Waals surface area contributed by atoms with Gasteiger partial charge in [0.25, 0.3) is 0 Å². The average molecular weight is 268 g/mol. The van der Waals surface area contributed by atoms with Crippen molar-refractivity contribution in [1.29, 1.82) is 0 Å². The molecule has 0 unspecified atom stereocenters. The van der Waals surface area contributed by atoms with Crippen molar-refractivity contribution in [3.05, 3.63) is 59.1 Å². The van der Waals surface area contributed by atoms with Gasteiger partial charge in [-0.2, -0.15) is 12.1 Å². The predicted molar refractivity (Wildman–Crippen MR) is 51.8 cm³/mol. The molecule has 2 heteroatoms. The van der Waals surface area contributed by atoms with Gasteiger partial charge in [-0.25, -0.2) is 12.1 Å². The minimum absolute atomic E-state index is 0. The molecule has 0 N–H and O–H groups in total. The molecule has 0 aliphatic carbocycles. The second-order valence-corrected chi connectivity index (χ2v) is 2.98. The Kier molecular flexibility index (Phi) is 7.15. The maximum atomic E-state index is 3.28. The molecular formula is C10H9BrCo-6. The quantitative estimate of drug-likeness (QED) is 0.641. The van der Waals surface area contributed by atoms with Crippen LogP contribution in [0.3, 0.4) is 0 Å². The molecule has 0 aromatic heterocycles. The third-order valence-electron chi connectivity index (χ3n) is 1.18. The van der Waals surface area contributed by atoms with E-state index >= 15 is 0 Å². The summed E-state index contributed by atoms with van der Waals surface area (Å²) in [6, 6.07) is 18.0. The van der Waals surface area contributed by atoms with E-state index in [4.69, 9.17) is 0 Å². The molecule has 0 atom stereocenters. The molecule has 0 amide bonds. The van der Waals surface area contributed by atoms with Crippen molar-refractivity contribution < 1.29 is 16.8 Å². The Morgan fingerprint density at radius 2 is 1.17 bits per heavy atom. The summed E-state index contributed by atoms with van der Waals surface area (Å²) in [5.74, 6) is 0. The first-order chi connectivity index (χ1) is 5.39. The molecule has 2 rings (SSSR count). The van der Waals surface area contributed by atoms with Gasteiger partial charge >= 0.3 is 0 Å². The smallest absolute Gasteiger partial charge is 0 e. The molecule has 0 aliphatic heterocycles. The molecular weight excluding hydrogens is 259 g/mol. The zero-order valence-electron chi connectivity index (χ0n) is 6.41. The van der Waals surface area contributed by atoms with E-state index < -0.39 is 0 Å². The van der Waals surface area contributed by atoms with Crippen molar-refractivity contribution in [3.8, 4) is 0 Å². The van der Waals surface area contributed by atoms with Crippen molar-refractivity contribution in [1.82, 2.24) is 0 Å². The van der Waals surface area contributed by atoms with Crippen LogP contribution in [-0.4, -0.2) is 0 Å².